The molecule has 0 aliphatic heterocycles. The lowest BCUT2D eigenvalue weighted by Crippen LogP contribution is -2.15. The van der Waals surface area contributed by atoms with Gasteiger partial charge in [0.2, 0.25) is 0 Å². The molecular weight excluding hydrogens is 326 g/mol. The number of esters is 1. The van der Waals surface area contributed by atoms with E-state index < -0.39 is 0 Å². The normalized spacial score (nSPS) is 12.1. The van der Waals surface area contributed by atoms with Gasteiger partial charge in [0.15, 0.2) is 4.34 Å². The fraction of sp³-hybridized carbons (Fsp3) is 0.333. The summed E-state index contributed by atoms with van der Waals surface area (Å²) in [5, 5.41) is 2.68. The molecule has 1 aromatic carbocycles. The summed E-state index contributed by atoms with van der Waals surface area (Å²) in [6, 6.07) is 7.55. The van der Waals surface area contributed by atoms with Crippen molar-refractivity contribution in [3.05, 3.63) is 34.7 Å². The lowest BCUT2D eigenvalue weighted by Gasteiger charge is -2.09. The molecule has 0 bridgehead atoms. The number of carbonyl (C=O) groups excluding carboxylic acids is 1. The molecule has 1 unspecified atom stereocenters. The van der Waals surface area contributed by atoms with Gasteiger partial charge in [0.1, 0.15) is 0 Å². The van der Waals surface area contributed by atoms with Crippen LogP contribution in [0.1, 0.15) is 20.3 Å². The van der Waals surface area contributed by atoms with Crippen molar-refractivity contribution in [2.75, 3.05) is 5.75 Å². The first-order valence-electron chi connectivity index (χ1n) is 6.62. The Morgan fingerprint density at radius 3 is 2.81 bits per heavy atom. The largest absolute Gasteiger partial charge is 0.462 e. The molecule has 2 rings (SSSR count). The minimum Gasteiger partial charge on any atom is -0.462 e. The van der Waals surface area contributed by atoms with Crippen molar-refractivity contribution in [2.45, 2.75) is 30.7 Å². The van der Waals surface area contributed by atoms with Gasteiger partial charge in [-0.2, -0.15) is 0 Å². The smallest absolute Gasteiger partial charge is 0.316 e. The van der Waals surface area contributed by atoms with Crippen molar-refractivity contribution >= 4 is 40.7 Å². The number of nitrogens with zero attached hydrogens (tertiary/aromatic N) is 1. The van der Waals surface area contributed by atoms with Crippen LogP contribution in [0, 0.1) is 0 Å². The highest BCUT2D eigenvalue weighted by atomic mass is 35.5. The summed E-state index contributed by atoms with van der Waals surface area (Å²) in [6.45, 7) is 3.88. The molecule has 3 nitrogen and oxygen atoms in total. The molecule has 0 amide bonds. The first-order chi connectivity index (χ1) is 10.1. The van der Waals surface area contributed by atoms with E-state index in [2.05, 4.69) is 4.98 Å². The molecule has 21 heavy (non-hydrogen) atoms. The fourth-order valence-corrected chi connectivity index (χ4v) is 3.28. The first kappa shape index (κ1) is 16.3. The number of thiazole rings is 1. The second-order valence-corrected chi connectivity index (χ2v) is 7.02. The number of thioether (sulfide) groups is 1. The summed E-state index contributed by atoms with van der Waals surface area (Å²) in [7, 11) is 0. The van der Waals surface area contributed by atoms with Gasteiger partial charge in [-0.1, -0.05) is 42.4 Å². The summed E-state index contributed by atoms with van der Waals surface area (Å²) < 4.78 is 6.09. The SMILES string of the molecule is CCC(C)OC(=O)CSc1nc(-c2ccc(Cl)cc2)cs1. The zero-order chi connectivity index (χ0) is 15.2. The summed E-state index contributed by atoms with van der Waals surface area (Å²) in [5.74, 6) is 0.0929. The minimum absolute atomic E-state index is 0.0287. The third-order valence-corrected chi connectivity index (χ3v) is 5.09. The molecule has 1 aromatic heterocycles. The van der Waals surface area contributed by atoms with Crippen LogP contribution in [-0.4, -0.2) is 22.8 Å². The highest BCUT2D eigenvalue weighted by Crippen LogP contribution is 2.29. The lowest BCUT2D eigenvalue weighted by molar-refractivity contribution is -0.144. The lowest BCUT2D eigenvalue weighted by atomic mass is 10.2. The molecule has 1 atom stereocenters. The van der Waals surface area contributed by atoms with Gasteiger partial charge >= 0.3 is 5.97 Å². The molecule has 1 heterocycles. The first-order valence-corrected chi connectivity index (χ1v) is 8.86. The Labute approximate surface area is 137 Å². The minimum atomic E-state index is -0.197. The van der Waals surface area contributed by atoms with Crippen molar-refractivity contribution < 1.29 is 9.53 Å². The summed E-state index contributed by atoms with van der Waals surface area (Å²) >= 11 is 8.80. The van der Waals surface area contributed by atoms with Gasteiger partial charge in [-0.15, -0.1) is 11.3 Å². The number of halogens is 1. The van der Waals surface area contributed by atoms with E-state index in [0.29, 0.717) is 5.02 Å². The molecule has 2 aromatic rings. The zero-order valence-electron chi connectivity index (χ0n) is 11.8. The summed E-state index contributed by atoms with van der Waals surface area (Å²) in [5.41, 5.74) is 1.92. The van der Waals surface area contributed by atoms with E-state index in [1.165, 1.54) is 23.1 Å². The van der Waals surface area contributed by atoms with Crippen molar-refractivity contribution in [1.29, 1.82) is 0 Å². The number of hydrogen-bond acceptors (Lipinski definition) is 5. The van der Waals surface area contributed by atoms with Crippen molar-refractivity contribution in [1.82, 2.24) is 4.98 Å². The Hall–Kier alpha value is -1.04. The van der Waals surface area contributed by atoms with Gasteiger partial charge < -0.3 is 4.74 Å². The maximum Gasteiger partial charge on any atom is 0.316 e. The van der Waals surface area contributed by atoms with Gasteiger partial charge in [0.05, 0.1) is 17.6 Å². The Balaban J connectivity index is 1.91. The molecule has 0 saturated heterocycles. The van der Waals surface area contributed by atoms with Gasteiger partial charge in [-0.05, 0) is 25.5 Å². The van der Waals surface area contributed by atoms with Crippen molar-refractivity contribution in [3.63, 3.8) is 0 Å². The number of rotatable bonds is 6. The van der Waals surface area contributed by atoms with Gasteiger partial charge in [-0.25, -0.2) is 4.98 Å². The number of ether oxygens (including phenoxy) is 1. The predicted molar refractivity (Wildman–Crippen MR) is 89.1 cm³/mol. The Morgan fingerprint density at radius 2 is 2.14 bits per heavy atom. The second-order valence-electron chi connectivity index (χ2n) is 4.50. The van der Waals surface area contributed by atoms with Crippen molar-refractivity contribution in [2.24, 2.45) is 0 Å². The van der Waals surface area contributed by atoms with E-state index in [-0.39, 0.29) is 17.8 Å². The average molecular weight is 342 g/mol. The Kier molecular flexibility index (Phi) is 6.08. The standard InChI is InChI=1S/C15H16ClNO2S2/c1-3-10(2)19-14(18)9-21-15-17-13(8-20-15)11-4-6-12(16)7-5-11/h4-8,10H,3,9H2,1-2H3. The third-order valence-electron chi connectivity index (χ3n) is 2.84. The summed E-state index contributed by atoms with van der Waals surface area (Å²) in [6.07, 6.45) is 0.799. The van der Waals surface area contributed by atoms with Gasteiger partial charge in [0.25, 0.3) is 0 Å². The second kappa shape index (κ2) is 7.82. The van der Waals surface area contributed by atoms with Crippen LogP contribution in [0.2, 0.25) is 5.02 Å². The number of hydrogen-bond donors (Lipinski definition) is 0. The zero-order valence-corrected chi connectivity index (χ0v) is 14.2. The summed E-state index contributed by atoms with van der Waals surface area (Å²) in [4.78, 5) is 16.1. The van der Waals surface area contributed by atoms with E-state index in [4.69, 9.17) is 16.3 Å². The van der Waals surface area contributed by atoms with E-state index in [1.807, 2.05) is 43.5 Å². The van der Waals surface area contributed by atoms with Crippen LogP contribution in [0.5, 0.6) is 0 Å². The number of carbonyl (C=O) groups is 1. The van der Waals surface area contributed by atoms with E-state index in [9.17, 15) is 4.79 Å². The van der Waals surface area contributed by atoms with Crippen LogP contribution in [0.25, 0.3) is 11.3 Å². The molecule has 0 aliphatic rings. The van der Waals surface area contributed by atoms with E-state index in [1.54, 1.807) is 0 Å². The molecule has 6 heteroatoms. The molecule has 112 valence electrons. The monoisotopic (exact) mass is 341 g/mol. The molecule has 0 saturated carbocycles. The van der Waals surface area contributed by atoms with Gasteiger partial charge in [-0.3, -0.25) is 4.79 Å². The highest BCUT2D eigenvalue weighted by molar-refractivity contribution is 8.01. The maximum absolute atomic E-state index is 11.6. The van der Waals surface area contributed by atoms with E-state index in [0.717, 1.165) is 22.0 Å². The molecule has 0 spiro atoms. The van der Waals surface area contributed by atoms with Crippen molar-refractivity contribution in [3.8, 4) is 11.3 Å². The van der Waals surface area contributed by atoms with Crippen LogP contribution in [-0.2, 0) is 9.53 Å². The third kappa shape index (κ3) is 5.02. The fourth-order valence-electron chi connectivity index (χ4n) is 1.54. The van der Waals surface area contributed by atoms with Crippen LogP contribution in [0.4, 0.5) is 0 Å². The quantitative estimate of drug-likeness (QED) is 0.553. The van der Waals surface area contributed by atoms with Crippen LogP contribution < -0.4 is 0 Å². The molecule has 0 radical (unpaired) electrons. The Bertz CT molecular complexity index is 598. The maximum atomic E-state index is 11.6. The number of benzene rings is 1. The highest BCUT2D eigenvalue weighted by Gasteiger charge is 2.11. The van der Waals surface area contributed by atoms with E-state index >= 15 is 0 Å². The molecule has 0 aliphatic carbocycles. The topological polar surface area (TPSA) is 39.2 Å². The molecule has 0 fully saturated rings. The van der Waals surface area contributed by atoms with Crippen LogP contribution >= 0.6 is 34.7 Å². The molecular formula is C15H16ClNO2S2. The molecule has 0 N–H and O–H groups in total. The average Bonchev–Trinajstić information content (AvgIpc) is 2.94. The van der Waals surface area contributed by atoms with Crippen LogP contribution in [0.15, 0.2) is 34.0 Å². The number of aromatic nitrogens is 1. The van der Waals surface area contributed by atoms with Gasteiger partial charge in [0, 0.05) is 16.0 Å². The predicted octanol–water partition coefficient (Wildman–Crippen LogP) is 4.90. The Morgan fingerprint density at radius 1 is 1.43 bits per heavy atom. The van der Waals surface area contributed by atoms with Crippen LogP contribution in [0.3, 0.4) is 0 Å².